The molecule has 0 amide bonds. The van der Waals surface area contributed by atoms with E-state index >= 15 is 0 Å². The number of carbonyl (C=O) groups is 1. The predicted octanol–water partition coefficient (Wildman–Crippen LogP) is 4.67. The molecule has 0 radical (unpaired) electrons. The quantitative estimate of drug-likeness (QED) is 0.486. The van der Waals surface area contributed by atoms with Gasteiger partial charge in [-0.15, -0.1) is 0 Å². The van der Waals surface area contributed by atoms with Gasteiger partial charge in [0.25, 0.3) is 5.89 Å². The Morgan fingerprint density at radius 3 is 2.50 bits per heavy atom. The molecule has 7 nitrogen and oxygen atoms in total. The summed E-state index contributed by atoms with van der Waals surface area (Å²) in [5, 5.41) is 3.71. The highest BCUT2D eigenvalue weighted by atomic mass is 19.4. The third kappa shape index (κ3) is 5.44. The van der Waals surface area contributed by atoms with Crippen LogP contribution < -0.4 is 4.74 Å². The number of aromatic nitrogens is 2. The van der Waals surface area contributed by atoms with Gasteiger partial charge in [-0.25, -0.2) is 4.79 Å². The second-order valence-corrected chi connectivity index (χ2v) is 7.13. The number of hydrogen-bond donors (Lipinski definition) is 0. The molecule has 1 saturated heterocycles. The van der Waals surface area contributed by atoms with E-state index in [-0.39, 0.29) is 24.4 Å². The zero-order valence-corrected chi connectivity index (χ0v) is 16.8. The van der Waals surface area contributed by atoms with Crippen molar-refractivity contribution in [1.82, 2.24) is 10.1 Å². The lowest BCUT2D eigenvalue weighted by atomic mass is 10.1. The predicted molar refractivity (Wildman–Crippen MR) is 105 cm³/mol. The Morgan fingerprint density at radius 2 is 1.84 bits per heavy atom. The summed E-state index contributed by atoms with van der Waals surface area (Å²) in [5.74, 6) is 0.141. The number of halogens is 3. The van der Waals surface area contributed by atoms with E-state index in [0.29, 0.717) is 23.5 Å². The van der Waals surface area contributed by atoms with Crippen molar-refractivity contribution in [2.24, 2.45) is 0 Å². The maximum Gasteiger partial charge on any atom is 0.416 e. The fourth-order valence-corrected chi connectivity index (χ4v) is 3.10. The first-order chi connectivity index (χ1) is 15.4. The zero-order chi connectivity index (χ0) is 22.6. The molecule has 1 aliphatic heterocycles. The number of alkyl halides is 3. The Hall–Kier alpha value is -3.40. The summed E-state index contributed by atoms with van der Waals surface area (Å²) in [6.07, 6.45) is -2.32. The van der Waals surface area contributed by atoms with E-state index in [0.717, 1.165) is 31.6 Å². The number of carbonyl (C=O) groups excluding carboxylic acids is 1. The number of rotatable bonds is 7. The summed E-state index contributed by atoms with van der Waals surface area (Å²) in [6.45, 7) is 0.941. The first-order valence-corrected chi connectivity index (χ1v) is 9.90. The number of nitrogens with zero attached hydrogens (tertiary/aromatic N) is 2. The van der Waals surface area contributed by atoms with Crippen LogP contribution in [0, 0.1) is 0 Å². The standard InChI is InChI=1S/C22H19F3N2O5/c23-22(24,25)16-7-3-14(4-8-16)20-26-19(32-27-20)13-31-21(28)15-5-9-17(10-6-15)30-12-18-2-1-11-29-18/h3-10,18H,1-2,11-13H2. The van der Waals surface area contributed by atoms with Gasteiger partial charge in [0.1, 0.15) is 12.4 Å². The lowest BCUT2D eigenvalue weighted by molar-refractivity contribution is -0.137. The largest absolute Gasteiger partial charge is 0.491 e. The van der Waals surface area contributed by atoms with Crippen molar-refractivity contribution in [1.29, 1.82) is 0 Å². The van der Waals surface area contributed by atoms with Crippen LogP contribution in [0.15, 0.2) is 53.1 Å². The summed E-state index contributed by atoms with van der Waals surface area (Å²) < 4.78 is 59.3. The first kappa shape index (κ1) is 21.8. The van der Waals surface area contributed by atoms with Crippen LogP contribution >= 0.6 is 0 Å². The van der Waals surface area contributed by atoms with E-state index in [2.05, 4.69) is 10.1 Å². The second kappa shape index (κ2) is 9.39. The van der Waals surface area contributed by atoms with Crippen molar-refractivity contribution in [3.05, 3.63) is 65.5 Å². The minimum atomic E-state index is -4.43. The van der Waals surface area contributed by atoms with E-state index < -0.39 is 17.7 Å². The molecule has 1 aromatic heterocycles. The van der Waals surface area contributed by atoms with Gasteiger partial charge >= 0.3 is 12.1 Å². The van der Waals surface area contributed by atoms with E-state index in [4.69, 9.17) is 18.7 Å². The van der Waals surface area contributed by atoms with Crippen LogP contribution in [-0.4, -0.2) is 35.4 Å². The third-order valence-electron chi connectivity index (χ3n) is 4.82. The van der Waals surface area contributed by atoms with Crippen LogP contribution in [-0.2, 0) is 22.3 Å². The highest BCUT2D eigenvalue weighted by molar-refractivity contribution is 5.89. The van der Waals surface area contributed by atoms with Crippen molar-refractivity contribution in [2.45, 2.75) is 31.7 Å². The Kier molecular flexibility index (Phi) is 6.40. The monoisotopic (exact) mass is 448 g/mol. The van der Waals surface area contributed by atoms with Gasteiger partial charge in [-0.05, 0) is 49.2 Å². The van der Waals surface area contributed by atoms with E-state index in [1.165, 1.54) is 12.1 Å². The van der Waals surface area contributed by atoms with Crippen molar-refractivity contribution < 1.29 is 36.7 Å². The number of hydrogen-bond acceptors (Lipinski definition) is 7. The van der Waals surface area contributed by atoms with Gasteiger partial charge in [-0.2, -0.15) is 18.2 Å². The molecule has 1 unspecified atom stereocenters. The zero-order valence-electron chi connectivity index (χ0n) is 16.8. The Morgan fingerprint density at radius 1 is 1.09 bits per heavy atom. The molecule has 1 fully saturated rings. The fraction of sp³-hybridized carbons (Fsp3) is 0.318. The van der Waals surface area contributed by atoms with Crippen LogP contribution in [0.2, 0.25) is 0 Å². The number of esters is 1. The molecule has 0 bridgehead atoms. The topological polar surface area (TPSA) is 83.7 Å². The molecule has 4 rings (SSSR count). The van der Waals surface area contributed by atoms with Crippen LogP contribution in [0.5, 0.6) is 5.75 Å². The molecule has 3 aromatic rings. The summed E-state index contributed by atoms with van der Waals surface area (Å²) >= 11 is 0. The number of ether oxygens (including phenoxy) is 3. The molecular formula is C22H19F3N2O5. The van der Waals surface area contributed by atoms with Gasteiger partial charge in [0.15, 0.2) is 6.61 Å². The molecule has 2 aromatic carbocycles. The van der Waals surface area contributed by atoms with E-state index in [1.807, 2.05) is 0 Å². The smallest absolute Gasteiger partial charge is 0.416 e. The molecule has 32 heavy (non-hydrogen) atoms. The molecule has 10 heteroatoms. The lowest BCUT2D eigenvalue weighted by Gasteiger charge is -2.11. The van der Waals surface area contributed by atoms with Crippen molar-refractivity contribution in [3.8, 4) is 17.1 Å². The third-order valence-corrected chi connectivity index (χ3v) is 4.82. The fourth-order valence-electron chi connectivity index (χ4n) is 3.10. The highest BCUT2D eigenvalue weighted by Crippen LogP contribution is 2.30. The summed E-state index contributed by atoms with van der Waals surface area (Å²) in [4.78, 5) is 16.3. The van der Waals surface area contributed by atoms with Gasteiger partial charge < -0.3 is 18.7 Å². The van der Waals surface area contributed by atoms with Crippen molar-refractivity contribution in [3.63, 3.8) is 0 Å². The van der Waals surface area contributed by atoms with E-state index in [1.54, 1.807) is 24.3 Å². The molecule has 0 aliphatic carbocycles. The minimum absolute atomic E-state index is 0.0183. The summed E-state index contributed by atoms with van der Waals surface area (Å²) in [5.41, 5.74) is -0.114. The molecule has 2 heterocycles. The normalized spacial score (nSPS) is 16.2. The molecule has 0 N–H and O–H groups in total. The molecule has 1 atom stereocenters. The first-order valence-electron chi connectivity index (χ1n) is 9.90. The second-order valence-electron chi connectivity index (χ2n) is 7.13. The maximum absolute atomic E-state index is 12.7. The Balaban J connectivity index is 1.29. The maximum atomic E-state index is 12.7. The van der Waals surface area contributed by atoms with Crippen LogP contribution in [0.3, 0.4) is 0 Å². The molecule has 0 spiro atoms. The van der Waals surface area contributed by atoms with Gasteiger partial charge in [0.2, 0.25) is 5.82 Å². The average Bonchev–Trinajstić information content (AvgIpc) is 3.48. The van der Waals surface area contributed by atoms with Gasteiger partial charge in [-0.3, -0.25) is 0 Å². The number of benzene rings is 2. The Bertz CT molecular complexity index is 1040. The van der Waals surface area contributed by atoms with Crippen LogP contribution in [0.25, 0.3) is 11.4 Å². The molecular weight excluding hydrogens is 429 g/mol. The minimum Gasteiger partial charge on any atom is -0.491 e. The summed E-state index contributed by atoms with van der Waals surface area (Å²) in [7, 11) is 0. The average molecular weight is 448 g/mol. The van der Waals surface area contributed by atoms with Crippen molar-refractivity contribution >= 4 is 5.97 Å². The van der Waals surface area contributed by atoms with Crippen LogP contribution in [0.4, 0.5) is 13.2 Å². The van der Waals surface area contributed by atoms with Gasteiger partial charge in [0, 0.05) is 12.2 Å². The summed E-state index contributed by atoms with van der Waals surface area (Å²) in [6, 6.07) is 10.8. The van der Waals surface area contributed by atoms with Gasteiger partial charge in [0.05, 0.1) is 17.2 Å². The lowest BCUT2D eigenvalue weighted by Crippen LogP contribution is -2.16. The molecule has 0 saturated carbocycles. The highest BCUT2D eigenvalue weighted by Gasteiger charge is 2.30. The van der Waals surface area contributed by atoms with E-state index in [9.17, 15) is 18.0 Å². The Labute approximate surface area is 181 Å². The van der Waals surface area contributed by atoms with Gasteiger partial charge in [-0.1, -0.05) is 17.3 Å². The SMILES string of the molecule is O=C(OCc1nc(-c2ccc(C(F)(F)F)cc2)no1)c1ccc(OCC2CCCO2)cc1. The van der Waals surface area contributed by atoms with Crippen molar-refractivity contribution in [2.75, 3.05) is 13.2 Å². The molecule has 1 aliphatic rings. The molecule has 168 valence electrons. The van der Waals surface area contributed by atoms with Crippen LogP contribution in [0.1, 0.15) is 34.7 Å².